The summed E-state index contributed by atoms with van der Waals surface area (Å²) < 4.78 is 16.7. The first-order valence-corrected chi connectivity index (χ1v) is 25.2. The molecular weight excluding hydrogens is 781 g/mol. The summed E-state index contributed by atoms with van der Waals surface area (Å²) in [7, 11) is 0. The van der Waals surface area contributed by atoms with E-state index in [0.29, 0.717) is 19.3 Å². The quantitative estimate of drug-likeness (QED) is 0.0200. The van der Waals surface area contributed by atoms with Gasteiger partial charge in [0.1, 0.15) is 13.2 Å². The summed E-state index contributed by atoms with van der Waals surface area (Å²) in [5.41, 5.74) is 0. The Morgan fingerprint density at radius 1 is 0.333 bits per heavy atom. The van der Waals surface area contributed by atoms with E-state index in [1.807, 2.05) is 91.1 Å². The Kier molecular flexibility index (Phi) is 47.1. The molecular formula is C57H90O6. The van der Waals surface area contributed by atoms with Crippen molar-refractivity contribution >= 4 is 17.9 Å². The van der Waals surface area contributed by atoms with Gasteiger partial charge in [-0.15, -0.1) is 0 Å². The van der Waals surface area contributed by atoms with Crippen LogP contribution in [0.4, 0.5) is 0 Å². The fraction of sp³-hybridized carbons (Fsp3) is 0.596. The van der Waals surface area contributed by atoms with Crippen LogP contribution < -0.4 is 0 Å². The van der Waals surface area contributed by atoms with Gasteiger partial charge < -0.3 is 14.2 Å². The highest BCUT2D eigenvalue weighted by Gasteiger charge is 2.19. The van der Waals surface area contributed by atoms with E-state index in [1.165, 1.54) is 89.9 Å². The molecule has 1 unspecified atom stereocenters. The van der Waals surface area contributed by atoms with Crippen molar-refractivity contribution < 1.29 is 28.6 Å². The third-order valence-electron chi connectivity index (χ3n) is 10.2. The van der Waals surface area contributed by atoms with Crippen molar-refractivity contribution in [3.8, 4) is 0 Å². The SMILES string of the molecule is CC\C=C/C=C\C=C/C=C\C=C/CCCC(=O)OC(COC(=O)CCCCC\C=C/C=C\C=C/C=C\CC)COC(=O)CCCCCCCCC/C=C\CCCCCCCCCC. The number of esters is 3. The topological polar surface area (TPSA) is 78.9 Å². The Balaban J connectivity index is 4.51. The molecule has 0 aliphatic rings. The van der Waals surface area contributed by atoms with Gasteiger partial charge in [0.25, 0.3) is 0 Å². The molecule has 0 amide bonds. The van der Waals surface area contributed by atoms with E-state index in [-0.39, 0.29) is 31.6 Å². The molecule has 0 aromatic heterocycles. The lowest BCUT2D eigenvalue weighted by Gasteiger charge is -2.18. The fourth-order valence-corrected chi connectivity index (χ4v) is 6.42. The molecule has 6 heteroatoms. The average molecular weight is 871 g/mol. The molecule has 0 N–H and O–H groups in total. The predicted molar refractivity (Wildman–Crippen MR) is 269 cm³/mol. The number of carbonyl (C=O) groups is 3. The van der Waals surface area contributed by atoms with Gasteiger partial charge in [0, 0.05) is 19.3 Å². The second-order valence-corrected chi connectivity index (χ2v) is 16.2. The molecule has 0 saturated carbocycles. The van der Waals surface area contributed by atoms with Crippen molar-refractivity contribution in [2.75, 3.05) is 13.2 Å². The molecule has 0 heterocycles. The summed E-state index contributed by atoms with van der Waals surface area (Å²) in [4.78, 5) is 37.9. The van der Waals surface area contributed by atoms with Crippen LogP contribution in [0.3, 0.4) is 0 Å². The van der Waals surface area contributed by atoms with E-state index in [1.54, 1.807) is 0 Å². The minimum absolute atomic E-state index is 0.125. The van der Waals surface area contributed by atoms with Gasteiger partial charge >= 0.3 is 17.9 Å². The summed E-state index contributed by atoms with van der Waals surface area (Å²) in [5.74, 6) is -1.05. The number of allylic oxidation sites excluding steroid dienone is 20. The zero-order valence-electron chi connectivity index (χ0n) is 40.3. The van der Waals surface area contributed by atoms with Gasteiger partial charge in [0.05, 0.1) is 0 Å². The van der Waals surface area contributed by atoms with Crippen molar-refractivity contribution in [2.24, 2.45) is 0 Å². The third kappa shape index (κ3) is 48.7. The highest BCUT2D eigenvalue weighted by atomic mass is 16.6. The first-order chi connectivity index (χ1) is 31.0. The van der Waals surface area contributed by atoms with E-state index < -0.39 is 12.1 Å². The average Bonchev–Trinajstić information content (AvgIpc) is 3.28. The molecule has 354 valence electrons. The number of carbonyl (C=O) groups excluding carboxylic acids is 3. The molecule has 0 aromatic rings. The van der Waals surface area contributed by atoms with Crippen LogP contribution in [0.2, 0.25) is 0 Å². The Morgan fingerprint density at radius 2 is 0.651 bits per heavy atom. The molecule has 0 saturated heterocycles. The second-order valence-electron chi connectivity index (χ2n) is 16.2. The van der Waals surface area contributed by atoms with Crippen LogP contribution in [0.25, 0.3) is 0 Å². The minimum Gasteiger partial charge on any atom is -0.462 e. The van der Waals surface area contributed by atoms with Gasteiger partial charge in [-0.25, -0.2) is 0 Å². The van der Waals surface area contributed by atoms with Crippen molar-refractivity contribution in [3.63, 3.8) is 0 Å². The molecule has 0 radical (unpaired) electrons. The van der Waals surface area contributed by atoms with E-state index in [0.717, 1.165) is 64.2 Å². The summed E-state index contributed by atoms with van der Waals surface area (Å²) in [5, 5.41) is 0. The predicted octanol–water partition coefficient (Wildman–Crippen LogP) is 16.5. The highest BCUT2D eigenvalue weighted by molar-refractivity contribution is 5.71. The van der Waals surface area contributed by atoms with Crippen molar-refractivity contribution in [1.29, 1.82) is 0 Å². The molecule has 0 rings (SSSR count). The van der Waals surface area contributed by atoms with Gasteiger partial charge in [-0.3, -0.25) is 14.4 Å². The largest absolute Gasteiger partial charge is 0.462 e. The normalized spacial score (nSPS) is 13.1. The Morgan fingerprint density at radius 3 is 1.08 bits per heavy atom. The van der Waals surface area contributed by atoms with Crippen LogP contribution in [0.5, 0.6) is 0 Å². The summed E-state index contributed by atoms with van der Waals surface area (Å²) in [6.07, 6.45) is 69.1. The number of hydrogen-bond donors (Lipinski definition) is 0. The fourth-order valence-electron chi connectivity index (χ4n) is 6.42. The van der Waals surface area contributed by atoms with E-state index >= 15 is 0 Å². The van der Waals surface area contributed by atoms with E-state index in [4.69, 9.17) is 14.2 Å². The van der Waals surface area contributed by atoms with Crippen LogP contribution in [-0.4, -0.2) is 37.2 Å². The molecule has 6 nitrogen and oxygen atoms in total. The van der Waals surface area contributed by atoms with Gasteiger partial charge in [0.2, 0.25) is 0 Å². The molecule has 63 heavy (non-hydrogen) atoms. The molecule has 0 spiro atoms. The lowest BCUT2D eigenvalue weighted by molar-refractivity contribution is -0.167. The molecule has 1 atom stereocenters. The monoisotopic (exact) mass is 871 g/mol. The van der Waals surface area contributed by atoms with E-state index in [9.17, 15) is 14.4 Å². The number of hydrogen-bond acceptors (Lipinski definition) is 6. The number of rotatable bonds is 43. The van der Waals surface area contributed by atoms with Gasteiger partial charge in [-0.1, -0.05) is 226 Å². The Bertz CT molecular complexity index is 1370. The molecule has 0 aliphatic carbocycles. The second kappa shape index (κ2) is 50.5. The zero-order valence-corrected chi connectivity index (χ0v) is 40.3. The maximum Gasteiger partial charge on any atom is 0.306 e. The number of unbranched alkanes of at least 4 members (excludes halogenated alkanes) is 19. The van der Waals surface area contributed by atoms with Crippen LogP contribution in [0.15, 0.2) is 122 Å². The molecule has 0 fully saturated rings. The van der Waals surface area contributed by atoms with Gasteiger partial charge in [-0.05, 0) is 77.0 Å². The Hall–Kier alpha value is -4.19. The first-order valence-electron chi connectivity index (χ1n) is 25.2. The minimum atomic E-state index is -0.835. The lowest BCUT2D eigenvalue weighted by Crippen LogP contribution is -2.30. The van der Waals surface area contributed by atoms with Gasteiger partial charge in [-0.2, -0.15) is 0 Å². The smallest absolute Gasteiger partial charge is 0.306 e. The van der Waals surface area contributed by atoms with Crippen molar-refractivity contribution in [1.82, 2.24) is 0 Å². The van der Waals surface area contributed by atoms with Crippen molar-refractivity contribution in [3.05, 3.63) is 122 Å². The van der Waals surface area contributed by atoms with E-state index in [2.05, 4.69) is 51.2 Å². The maximum atomic E-state index is 12.7. The Labute approximate surface area is 386 Å². The first kappa shape index (κ1) is 58.8. The zero-order chi connectivity index (χ0) is 45.8. The molecule has 0 bridgehead atoms. The summed E-state index contributed by atoms with van der Waals surface area (Å²) in [6, 6.07) is 0. The maximum absolute atomic E-state index is 12.7. The highest BCUT2D eigenvalue weighted by Crippen LogP contribution is 2.13. The third-order valence-corrected chi connectivity index (χ3v) is 10.2. The van der Waals surface area contributed by atoms with Crippen LogP contribution in [-0.2, 0) is 28.6 Å². The summed E-state index contributed by atoms with van der Waals surface area (Å²) >= 11 is 0. The van der Waals surface area contributed by atoms with Crippen molar-refractivity contribution in [2.45, 2.75) is 207 Å². The molecule has 0 aliphatic heterocycles. The van der Waals surface area contributed by atoms with Crippen LogP contribution in [0, 0.1) is 0 Å². The lowest BCUT2D eigenvalue weighted by atomic mass is 10.1. The summed E-state index contributed by atoms with van der Waals surface area (Å²) in [6.45, 7) is 6.23. The van der Waals surface area contributed by atoms with Crippen LogP contribution >= 0.6 is 0 Å². The number of ether oxygens (including phenoxy) is 3. The standard InChI is InChI=1S/C57H90O6/c1-4-7-10-13-16-19-22-25-26-27-28-29-30-33-35-38-41-44-47-50-56(59)62-53-54(63-57(60)51-48-45-42-39-36-32-24-21-18-15-12-9-6-3)52-61-55(58)49-46-43-40-37-34-31-23-20-17-14-11-8-5-2/h8-9,11-12,14-15,17-18,20-21,23-24,27-28,31-32,34,36,39,42,54H,4-7,10,13,16,19,22,25-26,29-30,33,35,37-38,40-41,43-53H2,1-3H3/b11-8-,12-9-,17-14-,18-15-,23-20-,24-21-,28-27-,34-31-,36-32-,42-39-. The van der Waals surface area contributed by atoms with Gasteiger partial charge in [0.15, 0.2) is 6.10 Å². The van der Waals surface area contributed by atoms with Crippen LogP contribution in [0.1, 0.15) is 201 Å². The molecule has 0 aromatic carbocycles.